The molecule has 0 bridgehead atoms. The molecular weight excluding hydrogens is 317 g/mol. The van der Waals surface area contributed by atoms with Crippen molar-refractivity contribution in [1.29, 1.82) is 0 Å². The van der Waals surface area contributed by atoms with Crippen LogP contribution in [0.2, 0.25) is 0 Å². The summed E-state index contributed by atoms with van der Waals surface area (Å²) in [7, 11) is 0. The van der Waals surface area contributed by atoms with Crippen molar-refractivity contribution in [2.75, 3.05) is 6.54 Å². The van der Waals surface area contributed by atoms with Crippen LogP contribution >= 0.6 is 24.0 Å². The molecule has 90 valence electrons. The van der Waals surface area contributed by atoms with Crippen LogP contribution in [0.3, 0.4) is 0 Å². The minimum atomic E-state index is -0.0326. The van der Waals surface area contributed by atoms with Crippen LogP contribution in [0, 0.1) is 6.92 Å². The number of hydrogen-bond acceptors (Lipinski definition) is 2. The number of aryl methyl sites for hydroxylation is 1. The zero-order valence-electron chi connectivity index (χ0n) is 9.51. The standard InChI is InChI=1S/C11H17N3O.HI/c1-8-3-5-10(6-4-8)15-9(2)7-14-11(12)13;/h3-6,9H,7H2,1-2H3,(H4,12,13,14);1H. The van der Waals surface area contributed by atoms with Gasteiger partial charge in [0, 0.05) is 0 Å². The van der Waals surface area contributed by atoms with Crippen LogP contribution in [0.15, 0.2) is 29.3 Å². The van der Waals surface area contributed by atoms with Gasteiger partial charge in [0.1, 0.15) is 11.9 Å². The largest absolute Gasteiger partial charge is 0.489 e. The molecule has 1 atom stereocenters. The molecule has 0 amide bonds. The van der Waals surface area contributed by atoms with Gasteiger partial charge in [0.2, 0.25) is 0 Å². The number of benzene rings is 1. The SMILES string of the molecule is Cc1ccc(OC(C)CN=C(N)N)cc1.I. The molecule has 1 aromatic rings. The Morgan fingerprint density at radius 3 is 2.38 bits per heavy atom. The molecule has 0 aliphatic carbocycles. The summed E-state index contributed by atoms with van der Waals surface area (Å²) < 4.78 is 5.60. The van der Waals surface area contributed by atoms with Crippen molar-refractivity contribution >= 4 is 29.9 Å². The van der Waals surface area contributed by atoms with E-state index in [0.29, 0.717) is 6.54 Å². The van der Waals surface area contributed by atoms with Gasteiger partial charge in [-0.3, -0.25) is 0 Å². The molecule has 0 aliphatic rings. The number of nitrogens with two attached hydrogens (primary N) is 2. The average Bonchev–Trinajstić information content (AvgIpc) is 2.19. The van der Waals surface area contributed by atoms with E-state index in [-0.39, 0.29) is 36.0 Å². The topological polar surface area (TPSA) is 73.6 Å². The first-order valence-corrected chi connectivity index (χ1v) is 4.86. The van der Waals surface area contributed by atoms with E-state index in [2.05, 4.69) is 4.99 Å². The van der Waals surface area contributed by atoms with Crippen molar-refractivity contribution in [3.63, 3.8) is 0 Å². The number of guanidine groups is 1. The van der Waals surface area contributed by atoms with Gasteiger partial charge in [0.05, 0.1) is 6.54 Å². The maximum atomic E-state index is 5.60. The number of halogens is 1. The monoisotopic (exact) mass is 335 g/mol. The molecule has 1 unspecified atom stereocenters. The third kappa shape index (κ3) is 5.79. The highest BCUT2D eigenvalue weighted by molar-refractivity contribution is 14.0. The summed E-state index contributed by atoms with van der Waals surface area (Å²) >= 11 is 0. The van der Waals surface area contributed by atoms with Gasteiger partial charge in [-0.2, -0.15) is 0 Å². The van der Waals surface area contributed by atoms with Gasteiger partial charge in [0.15, 0.2) is 5.96 Å². The Labute approximate surface area is 113 Å². The number of hydrogen-bond donors (Lipinski definition) is 2. The fraction of sp³-hybridized carbons (Fsp3) is 0.364. The Bertz CT molecular complexity index is 334. The summed E-state index contributed by atoms with van der Waals surface area (Å²) in [6.45, 7) is 4.43. The smallest absolute Gasteiger partial charge is 0.186 e. The third-order valence-electron chi connectivity index (χ3n) is 1.89. The Morgan fingerprint density at radius 2 is 1.88 bits per heavy atom. The van der Waals surface area contributed by atoms with Crippen LogP contribution in [-0.2, 0) is 0 Å². The zero-order chi connectivity index (χ0) is 11.3. The molecular formula is C11H18IN3O. The summed E-state index contributed by atoms with van der Waals surface area (Å²) in [6, 6.07) is 7.87. The van der Waals surface area contributed by atoms with Gasteiger partial charge < -0.3 is 16.2 Å². The molecule has 4 N–H and O–H groups in total. The Morgan fingerprint density at radius 1 is 1.31 bits per heavy atom. The lowest BCUT2D eigenvalue weighted by Gasteiger charge is -2.12. The molecule has 0 heterocycles. The summed E-state index contributed by atoms with van der Waals surface area (Å²) in [5.41, 5.74) is 11.7. The minimum Gasteiger partial charge on any atom is -0.489 e. The first-order chi connectivity index (χ1) is 7.08. The van der Waals surface area contributed by atoms with Crippen LogP contribution in [0.5, 0.6) is 5.75 Å². The molecule has 0 spiro atoms. The predicted molar refractivity (Wildman–Crippen MR) is 77.4 cm³/mol. The molecule has 0 aliphatic heterocycles. The van der Waals surface area contributed by atoms with Gasteiger partial charge in [-0.1, -0.05) is 17.7 Å². The highest BCUT2D eigenvalue weighted by Gasteiger charge is 2.02. The molecule has 4 nitrogen and oxygen atoms in total. The van der Waals surface area contributed by atoms with Gasteiger partial charge in [-0.05, 0) is 26.0 Å². The summed E-state index contributed by atoms with van der Waals surface area (Å²) in [5.74, 6) is 0.924. The van der Waals surface area contributed by atoms with E-state index in [1.807, 2.05) is 38.1 Å². The summed E-state index contributed by atoms with van der Waals surface area (Å²) in [5, 5.41) is 0. The Balaban J connectivity index is 0.00000225. The predicted octanol–water partition coefficient (Wildman–Crippen LogP) is 1.65. The van der Waals surface area contributed by atoms with Crippen LogP contribution in [0.25, 0.3) is 0 Å². The van der Waals surface area contributed by atoms with Crippen molar-refractivity contribution < 1.29 is 4.74 Å². The Hall–Kier alpha value is -0.980. The van der Waals surface area contributed by atoms with Crippen molar-refractivity contribution in [3.8, 4) is 5.75 Å². The number of ether oxygens (including phenoxy) is 1. The average molecular weight is 335 g/mol. The fourth-order valence-corrected chi connectivity index (χ4v) is 1.12. The molecule has 1 aromatic carbocycles. The molecule has 1 rings (SSSR count). The number of rotatable bonds is 4. The quantitative estimate of drug-likeness (QED) is 0.499. The summed E-state index contributed by atoms with van der Waals surface area (Å²) in [6.07, 6.45) is -0.0326. The lowest BCUT2D eigenvalue weighted by atomic mass is 10.2. The van der Waals surface area contributed by atoms with Gasteiger partial charge in [0.25, 0.3) is 0 Å². The van der Waals surface area contributed by atoms with Crippen molar-refractivity contribution in [2.24, 2.45) is 16.5 Å². The maximum absolute atomic E-state index is 5.60. The van der Waals surface area contributed by atoms with Crippen LogP contribution in [0.1, 0.15) is 12.5 Å². The van der Waals surface area contributed by atoms with E-state index in [0.717, 1.165) is 5.75 Å². The molecule has 0 fully saturated rings. The first-order valence-electron chi connectivity index (χ1n) is 4.86. The van der Waals surface area contributed by atoms with Gasteiger partial charge >= 0.3 is 0 Å². The van der Waals surface area contributed by atoms with Crippen LogP contribution in [0.4, 0.5) is 0 Å². The second-order valence-corrected chi connectivity index (χ2v) is 3.51. The van der Waals surface area contributed by atoms with E-state index >= 15 is 0 Å². The second kappa shape index (κ2) is 7.32. The lowest BCUT2D eigenvalue weighted by molar-refractivity contribution is 0.230. The van der Waals surface area contributed by atoms with Crippen LogP contribution in [-0.4, -0.2) is 18.6 Å². The Kier molecular flexibility index (Phi) is 6.87. The molecule has 0 saturated carbocycles. The van der Waals surface area contributed by atoms with Crippen molar-refractivity contribution in [1.82, 2.24) is 0 Å². The summed E-state index contributed by atoms with van der Waals surface area (Å²) in [4.78, 5) is 3.89. The van der Waals surface area contributed by atoms with Crippen molar-refractivity contribution in [2.45, 2.75) is 20.0 Å². The second-order valence-electron chi connectivity index (χ2n) is 3.51. The van der Waals surface area contributed by atoms with E-state index in [1.54, 1.807) is 0 Å². The fourth-order valence-electron chi connectivity index (χ4n) is 1.12. The molecule has 16 heavy (non-hydrogen) atoms. The van der Waals surface area contributed by atoms with E-state index in [4.69, 9.17) is 16.2 Å². The maximum Gasteiger partial charge on any atom is 0.186 e. The molecule has 0 aromatic heterocycles. The minimum absolute atomic E-state index is 0. The normalized spacial score (nSPS) is 11.1. The van der Waals surface area contributed by atoms with E-state index in [9.17, 15) is 0 Å². The molecule has 0 radical (unpaired) electrons. The zero-order valence-corrected chi connectivity index (χ0v) is 11.8. The van der Waals surface area contributed by atoms with Gasteiger partial charge in [-0.15, -0.1) is 24.0 Å². The molecule has 5 heteroatoms. The van der Waals surface area contributed by atoms with Crippen molar-refractivity contribution in [3.05, 3.63) is 29.8 Å². The van der Waals surface area contributed by atoms with E-state index < -0.39 is 0 Å². The van der Waals surface area contributed by atoms with E-state index in [1.165, 1.54) is 5.56 Å². The van der Waals surface area contributed by atoms with Gasteiger partial charge in [-0.25, -0.2) is 4.99 Å². The third-order valence-corrected chi connectivity index (χ3v) is 1.89. The number of nitrogens with zero attached hydrogens (tertiary/aromatic N) is 1. The number of aliphatic imine (C=N–C) groups is 1. The molecule has 0 saturated heterocycles. The highest BCUT2D eigenvalue weighted by atomic mass is 127. The van der Waals surface area contributed by atoms with Crippen LogP contribution < -0.4 is 16.2 Å². The highest BCUT2D eigenvalue weighted by Crippen LogP contribution is 2.13. The lowest BCUT2D eigenvalue weighted by Crippen LogP contribution is -2.26. The first kappa shape index (κ1) is 15.0.